The predicted molar refractivity (Wildman–Crippen MR) is 68.7 cm³/mol. The van der Waals surface area contributed by atoms with E-state index in [1.54, 1.807) is 12.1 Å². The molecule has 0 saturated heterocycles. The number of ketones is 1. The van der Waals surface area contributed by atoms with E-state index in [9.17, 15) is 14.4 Å². The van der Waals surface area contributed by atoms with Gasteiger partial charge in [0.2, 0.25) is 0 Å². The molecule has 2 saturated carbocycles. The Bertz CT molecular complexity index is 536. The van der Waals surface area contributed by atoms with Crippen LogP contribution in [0.25, 0.3) is 0 Å². The molecule has 0 aliphatic heterocycles. The molecule has 2 aliphatic carbocycles. The summed E-state index contributed by atoms with van der Waals surface area (Å²) in [6, 6.07) is 7.92. The van der Waals surface area contributed by atoms with Gasteiger partial charge in [0.05, 0.1) is 6.07 Å². The monoisotopic (exact) mass is 257 g/mol. The molecule has 0 spiro atoms. The minimum absolute atomic E-state index is 0.00463. The van der Waals surface area contributed by atoms with Crippen LogP contribution in [0.1, 0.15) is 37.2 Å². The first kappa shape index (κ1) is 12.3. The van der Waals surface area contributed by atoms with Crippen molar-refractivity contribution in [3.63, 3.8) is 0 Å². The summed E-state index contributed by atoms with van der Waals surface area (Å²) in [6.45, 7) is 0. The molecule has 0 N–H and O–H groups in total. The van der Waals surface area contributed by atoms with E-state index in [2.05, 4.69) is 6.07 Å². The van der Waals surface area contributed by atoms with Crippen LogP contribution in [-0.2, 0) is 4.79 Å². The van der Waals surface area contributed by atoms with E-state index in [-0.39, 0.29) is 11.7 Å². The highest BCUT2D eigenvalue weighted by Gasteiger charge is 2.55. The van der Waals surface area contributed by atoms with Crippen molar-refractivity contribution < 1.29 is 9.18 Å². The van der Waals surface area contributed by atoms with Gasteiger partial charge in [-0.25, -0.2) is 4.39 Å². The molecule has 0 heterocycles. The Morgan fingerprint density at radius 3 is 2.58 bits per heavy atom. The minimum Gasteiger partial charge on any atom is -0.298 e. The molecule has 0 radical (unpaired) electrons. The number of fused-ring (bicyclic) bond motifs is 1. The lowest BCUT2D eigenvalue weighted by Crippen LogP contribution is -2.14. The van der Waals surface area contributed by atoms with Crippen LogP contribution in [-0.4, -0.2) is 5.78 Å². The first-order valence-corrected chi connectivity index (χ1v) is 6.91. The van der Waals surface area contributed by atoms with Gasteiger partial charge in [-0.1, -0.05) is 25.0 Å². The summed E-state index contributed by atoms with van der Waals surface area (Å²) in [6.07, 6.45) is 4.62. The first-order chi connectivity index (χ1) is 9.22. The number of nitriles is 1. The molecule has 19 heavy (non-hydrogen) atoms. The Labute approximate surface area is 112 Å². The SMILES string of the molecule is N#CC(C(=O)C1C2CCCCC21)c1cccc(F)c1. The molecule has 1 aromatic carbocycles. The van der Waals surface area contributed by atoms with Crippen LogP contribution >= 0.6 is 0 Å². The highest BCUT2D eigenvalue weighted by Crippen LogP contribution is 2.57. The van der Waals surface area contributed by atoms with Crippen LogP contribution in [0.15, 0.2) is 24.3 Å². The van der Waals surface area contributed by atoms with E-state index in [1.807, 2.05) is 0 Å². The molecule has 0 aromatic heterocycles. The van der Waals surface area contributed by atoms with Gasteiger partial charge < -0.3 is 0 Å². The summed E-state index contributed by atoms with van der Waals surface area (Å²) < 4.78 is 13.2. The lowest BCUT2D eigenvalue weighted by atomic mass is 9.92. The molecular formula is C16H16FNO. The maximum Gasteiger partial charge on any atom is 0.158 e. The van der Waals surface area contributed by atoms with Crippen molar-refractivity contribution in [3.05, 3.63) is 35.6 Å². The van der Waals surface area contributed by atoms with Gasteiger partial charge in [-0.05, 0) is 42.4 Å². The van der Waals surface area contributed by atoms with E-state index < -0.39 is 11.7 Å². The Hall–Kier alpha value is -1.69. The molecule has 98 valence electrons. The van der Waals surface area contributed by atoms with Crippen molar-refractivity contribution in [1.29, 1.82) is 5.26 Å². The van der Waals surface area contributed by atoms with Crippen LogP contribution in [0.2, 0.25) is 0 Å². The number of carbonyl (C=O) groups excluding carboxylic acids is 1. The number of nitrogens with zero attached hydrogens (tertiary/aromatic N) is 1. The zero-order valence-corrected chi connectivity index (χ0v) is 10.7. The molecule has 0 bridgehead atoms. The van der Waals surface area contributed by atoms with Crippen molar-refractivity contribution in [1.82, 2.24) is 0 Å². The van der Waals surface area contributed by atoms with Gasteiger partial charge in [0.15, 0.2) is 5.78 Å². The highest BCUT2D eigenvalue weighted by atomic mass is 19.1. The van der Waals surface area contributed by atoms with Crippen LogP contribution in [0.3, 0.4) is 0 Å². The largest absolute Gasteiger partial charge is 0.298 e. The van der Waals surface area contributed by atoms with E-state index in [4.69, 9.17) is 0 Å². The van der Waals surface area contributed by atoms with Gasteiger partial charge in [-0.15, -0.1) is 0 Å². The molecule has 3 atom stereocenters. The zero-order chi connectivity index (χ0) is 13.4. The Morgan fingerprint density at radius 1 is 1.32 bits per heavy atom. The lowest BCUT2D eigenvalue weighted by Gasteiger charge is -2.08. The summed E-state index contributed by atoms with van der Waals surface area (Å²) in [5.41, 5.74) is 0.496. The highest BCUT2D eigenvalue weighted by molar-refractivity contribution is 5.93. The van der Waals surface area contributed by atoms with E-state index in [0.29, 0.717) is 17.4 Å². The summed E-state index contributed by atoms with van der Waals surface area (Å²) in [4.78, 5) is 12.5. The van der Waals surface area contributed by atoms with Crippen molar-refractivity contribution in [2.45, 2.75) is 31.6 Å². The topological polar surface area (TPSA) is 40.9 Å². The molecule has 2 fully saturated rings. The average Bonchev–Trinajstić information content (AvgIpc) is 3.13. The minimum atomic E-state index is -0.800. The maximum absolute atomic E-state index is 13.2. The number of carbonyl (C=O) groups is 1. The molecule has 0 amide bonds. The fourth-order valence-electron chi connectivity index (χ4n) is 3.60. The zero-order valence-electron chi connectivity index (χ0n) is 10.7. The number of halogens is 1. The number of rotatable bonds is 3. The third-order valence-electron chi connectivity index (χ3n) is 4.58. The second-order valence-electron chi connectivity index (χ2n) is 5.66. The second kappa shape index (κ2) is 4.77. The number of hydrogen-bond donors (Lipinski definition) is 0. The van der Waals surface area contributed by atoms with Crippen molar-refractivity contribution in [3.8, 4) is 6.07 Å². The van der Waals surface area contributed by atoms with Crippen LogP contribution in [0.5, 0.6) is 0 Å². The Balaban J connectivity index is 1.80. The third kappa shape index (κ3) is 2.16. The molecular weight excluding hydrogens is 241 g/mol. The van der Waals surface area contributed by atoms with E-state index >= 15 is 0 Å². The van der Waals surface area contributed by atoms with Gasteiger partial charge in [-0.2, -0.15) is 5.26 Å². The maximum atomic E-state index is 13.2. The first-order valence-electron chi connectivity index (χ1n) is 6.91. The third-order valence-corrected chi connectivity index (χ3v) is 4.58. The van der Waals surface area contributed by atoms with Gasteiger partial charge in [0, 0.05) is 5.92 Å². The van der Waals surface area contributed by atoms with Crippen LogP contribution in [0.4, 0.5) is 4.39 Å². The lowest BCUT2D eigenvalue weighted by molar-refractivity contribution is -0.121. The molecule has 2 nitrogen and oxygen atoms in total. The summed E-state index contributed by atoms with van der Waals surface area (Å²) in [7, 11) is 0. The second-order valence-corrected chi connectivity index (χ2v) is 5.66. The van der Waals surface area contributed by atoms with Crippen molar-refractivity contribution in [2.24, 2.45) is 17.8 Å². The Morgan fingerprint density at radius 2 is 2.00 bits per heavy atom. The molecule has 3 rings (SSSR count). The fraction of sp³-hybridized carbons (Fsp3) is 0.500. The van der Waals surface area contributed by atoms with Crippen molar-refractivity contribution >= 4 is 5.78 Å². The molecule has 3 unspecified atom stereocenters. The number of hydrogen-bond acceptors (Lipinski definition) is 2. The van der Waals surface area contributed by atoms with Crippen LogP contribution in [0, 0.1) is 34.9 Å². The van der Waals surface area contributed by atoms with Gasteiger partial charge in [-0.3, -0.25) is 4.79 Å². The summed E-state index contributed by atoms with van der Waals surface area (Å²) in [5.74, 6) is -0.151. The van der Waals surface area contributed by atoms with Gasteiger partial charge in [0.1, 0.15) is 11.7 Å². The quantitative estimate of drug-likeness (QED) is 0.832. The van der Waals surface area contributed by atoms with Crippen LogP contribution < -0.4 is 0 Å². The number of Topliss-reactive ketones (excluding diaryl/α,β-unsaturated/α-hetero) is 1. The van der Waals surface area contributed by atoms with E-state index in [0.717, 1.165) is 12.8 Å². The summed E-state index contributed by atoms with van der Waals surface area (Å²) in [5, 5.41) is 9.26. The number of benzene rings is 1. The van der Waals surface area contributed by atoms with Crippen molar-refractivity contribution in [2.75, 3.05) is 0 Å². The smallest absolute Gasteiger partial charge is 0.158 e. The average molecular weight is 257 g/mol. The standard InChI is InChI=1S/C16H16FNO/c17-11-5-3-4-10(8-11)14(9-18)16(19)15-12-6-1-2-7-13(12)15/h3-5,8,12-15H,1-2,6-7H2. The molecule has 2 aliphatic rings. The fourth-order valence-corrected chi connectivity index (χ4v) is 3.60. The molecule has 1 aromatic rings. The van der Waals surface area contributed by atoms with Gasteiger partial charge in [0.25, 0.3) is 0 Å². The molecule has 3 heteroatoms. The van der Waals surface area contributed by atoms with Gasteiger partial charge >= 0.3 is 0 Å². The summed E-state index contributed by atoms with van der Waals surface area (Å²) >= 11 is 0. The normalized spacial score (nSPS) is 30.0. The Kier molecular flexibility index (Phi) is 3.10. The van der Waals surface area contributed by atoms with E-state index in [1.165, 1.54) is 25.0 Å². The predicted octanol–water partition coefficient (Wildman–Crippen LogP) is 3.44.